The van der Waals surface area contributed by atoms with Crippen LogP contribution in [0.15, 0.2) is 53.8 Å². The summed E-state index contributed by atoms with van der Waals surface area (Å²) >= 11 is 6.53. The standard InChI is InChI=1S/C36H48ClN9O7/c1-8-9-17-30-38-32(37)31(45(30)23-26-18-20-27(21-19-26)28-15-10-11-16-29(28)33-39-41-42-40-33)34(47)52-25(3)53-35(48)51-24(2)14-12-13-22-50-43-46(49)44(7)36(4,5)6/h10-11,15-16,18-21,24-25H,8-9,12-14,17,22-23H2,1-7H3,(H,39,40,41,42)/b46-43-/t24-,25?/m0/s1. The fraction of sp³-hybridized carbons (Fsp3) is 0.500. The molecule has 1 unspecified atom stereocenters. The number of nitrogens with one attached hydrogen (secondary N) is 1. The van der Waals surface area contributed by atoms with Crippen LogP contribution in [0.1, 0.15) is 95.5 Å². The highest BCUT2D eigenvalue weighted by molar-refractivity contribution is 6.32. The second-order valence-electron chi connectivity index (χ2n) is 13.5. The highest BCUT2D eigenvalue weighted by Gasteiger charge is 2.27. The van der Waals surface area contributed by atoms with E-state index >= 15 is 0 Å². The van der Waals surface area contributed by atoms with Gasteiger partial charge < -0.3 is 28.8 Å². The van der Waals surface area contributed by atoms with Crippen molar-refractivity contribution in [2.45, 2.75) is 105 Å². The molecule has 4 aromatic rings. The molecule has 4 rings (SSSR count). The zero-order chi connectivity index (χ0) is 38.5. The molecule has 1 N–H and O–H groups in total. The van der Waals surface area contributed by atoms with Gasteiger partial charge in [-0.15, -0.1) is 10.1 Å². The number of aryl methyl sites for hydroxylation is 1. The Morgan fingerprint density at radius 1 is 1.04 bits per heavy atom. The van der Waals surface area contributed by atoms with Crippen LogP contribution in [0.5, 0.6) is 0 Å². The number of unbranched alkanes of at least 4 members (excludes halogenated alkanes) is 2. The SMILES string of the molecule is CCCCc1nc(Cl)c(C(=O)OC(C)OC(=O)O[C@@H](C)CCCCO/N=[N+](\[O-])N(C)C(C)(C)C)n1Cc1ccc(-c2ccccc2-c2nnn[nH]2)cc1. The fourth-order valence-electron chi connectivity index (χ4n) is 5.16. The number of imidazole rings is 1. The van der Waals surface area contributed by atoms with E-state index in [1.165, 1.54) is 11.9 Å². The van der Waals surface area contributed by atoms with Gasteiger partial charge in [-0.25, -0.2) is 19.7 Å². The number of aromatic nitrogens is 6. The number of hydrogen-bond donors (Lipinski definition) is 1. The van der Waals surface area contributed by atoms with Crippen LogP contribution >= 0.6 is 11.6 Å². The van der Waals surface area contributed by atoms with E-state index in [1.807, 2.05) is 69.3 Å². The first-order valence-corrected chi connectivity index (χ1v) is 18.0. The number of tetrazole rings is 1. The van der Waals surface area contributed by atoms with E-state index in [-0.39, 0.29) is 17.5 Å². The minimum atomic E-state index is -1.27. The average molecular weight is 754 g/mol. The first-order chi connectivity index (χ1) is 25.3. The van der Waals surface area contributed by atoms with Gasteiger partial charge >= 0.3 is 12.1 Å². The largest absolute Gasteiger partial charge is 0.569 e. The molecule has 17 heteroatoms. The van der Waals surface area contributed by atoms with Gasteiger partial charge in [-0.1, -0.05) is 73.5 Å². The second-order valence-corrected chi connectivity index (χ2v) is 13.8. The predicted molar refractivity (Wildman–Crippen MR) is 195 cm³/mol. The fourth-order valence-corrected chi connectivity index (χ4v) is 5.44. The van der Waals surface area contributed by atoms with Gasteiger partial charge in [-0.2, -0.15) is 0 Å². The first kappa shape index (κ1) is 40.5. The van der Waals surface area contributed by atoms with Crippen molar-refractivity contribution in [3.8, 4) is 22.5 Å². The Balaban J connectivity index is 1.33. The quantitative estimate of drug-likeness (QED) is 0.0263. The smallest absolute Gasteiger partial charge is 0.511 e. The van der Waals surface area contributed by atoms with Gasteiger partial charge in [0.15, 0.2) is 16.7 Å². The number of hydrogen-bond acceptors (Lipinski definition) is 12. The Labute approximate surface area is 313 Å². The molecule has 2 aromatic carbocycles. The number of esters is 1. The van der Waals surface area contributed by atoms with Crippen LogP contribution in [0.25, 0.3) is 22.5 Å². The number of carbonyl (C=O) groups is 2. The summed E-state index contributed by atoms with van der Waals surface area (Å²) in [6.45, 7) is 11.4. The molecule has 0 aliphatic carbocycles. The van der Waals surface area contributed by atoms with Crippen LogP contribution in [0.3, 0.4) is 0 Å². The van der Waals surface area contributed by atoms with Crippen molar-refractivity contribution in [2.24, 2.45) is 5.28 Å². The Hall–Kier alpha value is -5.25. The Morgan fingerprint density at radius 3 is 2.42 bits per heavy atom. The molecule has 16 nitrogen and oxygen atoms in total. The van der Waals surface area contributed by atoms with Gasteiger partial charge in [-0.05, 0) is 80.5 Å². The number of halogens is 1. The molecule has 286 valence electrons. The van der Waals surface area contributed by atoms with E-state index < -0.39 is 30.1 Å². The van der Waals surface area contributed by atoms with Crippen LogP contribution in [0.2, 0.25) is 5.15 Å². The van der Waals surface area contributed by atoms with Crippen LogP contribution in [0.4, 0.5) is 4.79 Å². The molecule has 0 aliphatic heterocycles. The Bertz CT molecular complexity index is 1810. The lowest BCUT2D eigenvalue weighted by Gasteiger charge is -2.26. The summed E-state index contributed by atoms with van der Waals surface area (Å²) in [6, 6.07) is 15.7. The summed E-state index contributed by atoms with van der Waals surface area (Å²) in [5, 5.41) is 31.2. The number of H-pyrrole nitrogens is 1. The summed E-state index contributed by atoms with van der Waals surface area (Å²) in [6.07, 6.45) is 1.36. The van der Waals surface area contributed by atoms with Crippen molar-refractivity contribution in [3.05, 3.63) is 76.0 Å². The molecule has 0 bridgehead atoms. The van der Waals surface area contributed by atoms with E-state index in [1.54, 1.807) is 18.5 Å². The van der Waals surface area contributed by atoms with Crippen molar-refractivity contribution in [3.63, 3.8) is 0 Å². The van der Waals surface area contributed by atoms with Crippen molar-refractivity contribution >= 4 is 23.7 Å². The molecule has 2 atom stereocenters. The number of rotatable bonds is 18. The van der Waals surface area contributed by atoms with Crippen molar-refractivity contribution in [2.75, 3.05) is 13.7 Å². The van der Waals surface area contributed by atoms with Crippen LogP contribution in [-0.4, -0.2) is 83.9 Å². The van der Waals surface area contributed by atoms with Gasteiger partial charge in [0.1, 0.15) is 18.5 Å². The number of hydrazine groups is 1. The number of carbonyl (C=O) groups excluding carboxylic acids is 2. The number of benzene rings is 2. The van der Waals surface area contributed by atoms with Gasteiger partial charge in [0.05, 0.1) is 17.6 Å². The van der Waals surface area contributed by atoms with E-state index in [4.69, 9.17) is 30.6 Å². The van der Waals surface area contributed by atoms with Gasteiger partial charge in [-0.3, -0.25) is 0 Å². The van der Waals surface area contributed by atoms with Crippen LogP contribution in [-0.2, 0) is 32.0 Å². The third-order valence-electron chi connectivity index (χ3n) is 8.37. The van der Waals surface area contributed by atoms with E-state index in [9.17, 15) is 14.8 Å². The van der Waals surface area contributed by atoms with Gasteiger partial charge in [0.25, 0.3) is 0 Å². The molecular weight excluding hydrogens is 706 g/mol. The molecular formula is C36H48ClN9O7. The second kappa shape index (κ2) is 19.0. The maximum absolute atomic E-state index is 13.5. The number of ether oxygens (including phenoxy) is 3. The number of nitrogens with zero attached hydrogens (tertiary/aromatic N) is 8. The molecule has 0 radical (unpaired) electrons. The summed E-state index contributed by atoms with van der Waals surface area (Å²) in [4.78, 5) is 35.9. The lowest BCUT2D eigenvalue weighted by atomic mass is 9.98. The minimum absolute atomic E-state index is 0.00308. The molecule has 0 fully saturated rings. The highest BCUT2D eigenvalue weighted by Crippen LogP contribution is 2.30. The minimum Gasteiger partial charge on any atom is -0.569 e. The molecule has 2 aromatic heterocycles. The summed E-state index contributed by atoms with van der Waals surface area (Å²) < 4.78 is 17.8. The molecule has 0 aliphatic rings. The van der Waals surface area contributed by atoms with E-state index in [0.717, 1.165) is 35.1 Å². The average Bonchev–Trinajstić information content (AvgIpc) is 3.76. The van der Waals surface area contributed by atoms with Crippen LogP contribution in [0, 0.1) is 5.21 Å². The zero-order valence-electron chi connectivity index (χ0n) is 31.2. The summed E-state index contributed by atoms with van der Waals surface area (Å²) in [5.41, 5.74) is 3.33. The lowest BCUT2D eigenvalue weighted by Crippen LogP contribution is -2.42. The zero-order valence-corrected chi connectivity index (χ0v) is 32.0. The molecule has 2 heterocycles. The Morgan fingerprint density at radius 2 is 1.75 bits per heavy atom. The molecule has 0 spiro atoms. The molecule has 0 saturated heterocycles. The van der Waals surface area contributed by atoms with Crippen molar-refractivity contribution < 1.29 is 33.6 Å². The maximum Gasteiger partial charge on any atom is 0.511 e. The van der Waals surface area contributed by atoms with Crippen molar-refractivity contribution in [1.82, 2.24) is 35.2 Å². The lowest BCUT2D eigenvalue weighted by molar-refractivity contribution is -0.719. The van der Waals surface area contributed by atoms with Crippen LogP contribution < -0.4 is 0 Å². The molecule has 53 heavy (non-hydrogen) atoms. The maximum atomic E-state index is 13.5. The van der Waals surface area contributed by atoms with Crippen molar-refractivity contribution in [1.29, 1.82) is 0 Å². The summed E-state index contributed by atoms with van der Waals surface area (Å²) in [7, 11) is 1.62. The highest BCUT2D eigenvalue weighted by atomic mass is 35.5. The normalized spacial score (nSPS) is 12.9. The third kappa shape index (κ3) is 11.6. The summed E-state index contributed by atoms with van der Waals surface area (Å²) in [5.74, 6) is 0.409. The predicted octanol–water partition coefficient (Wildman–Crippen LogP) is 7.53. The molecule has 0 saturated carbocycles. The van der Waals surface area contributed by atoms with Gasteiger partial charge in [0, 0.05) is 25.5 Å². The van der Waals surface area contributed by atoms with Gasteiger partial charge in [0.2, 0.25) is 11.6 Å². The molecule has 0 amide bonds. The van der Waals surface area contributed by atoms with E-state index in [0.29, 0.717) is 48.8 Å². The number of aromatic amines is 1. The Kier molecular flexibility index (Phi) is 14.5. The van der Waals surface area contributed by atoms with E-state index in [2.05, 4.69) is 37.8 Å². The monoisotopic (exact) mass is 753 g/mol. The first-order valence-electron chi connectivity index (χ1n) is 17.6. The topological polar surface area (TPSA) is 185 Å². The third-order valence-corrected chi connectivity index (χ3v) is 8.63.